The maximum atomic E-state index is 12.2. The lowest BCUT2D eigenvalue weighted by Gasteiger charge is -2.24. The second-order valence-corrected chi connectivity index (χ2v) is 6.13. The zero-order valence-corrected chi connectivity index (χ0v) is 13.7. The van der Waals surface area contributed by atoms with Gasteiger partial charge in [0.05, 0.1) is 11.7 Å². The molecular weight excluding hydrogens is 302 g/mol. The molecular formula is C19H21N3O2. The summed E-state index contributed by atoms with van der Waals surface area (Å²) in [6, 6.07) is 13.3. The average molecular weight is 323 g/mol. The van der Waals surface area contributed by atoms with Crippen molar-refractivity contribution in [2.75, 3.05) is 5.32 Å². The summed E-state index contributed by atoms with van der Waals surface area (Å²) in [5, 5.41) is 5.86. The first-order valence-electron chi connectivity index (χ1n) is 8.22. The van der Waals surface area contributed by atoms with Crippen LogP contribution in [0.25, 0.3) is 0 Å². The standard InChI is InChI=1S/C19H21N3O2/c1-13(16-7-4-5-11-20-16)21-18(23)10-9-15-12-14-6-2-3-8-17(14)22-19(15)24/h2-8,11,13,15H,9-10,12H2,1H3,(H,21,23)(H,22,24)/t13-,15-/m1/s1. The van der Waals surface area contributed by atoms with Gasteiger partial charge in [0.1, 0.15) is 0 Å². The van der Waals surface area contributed by atoms with Crippen LogP contribution in [0.3, 0.4) is 0 Å². The van der Waals surface area contributed by atoms with Crippen LogP contribution in [0.2, 0.25) is 0 Å². The Labute approximate surface area is 141 Å². The fourth-order valence-electron chi connectivity index (χ4n) is 2.97. The van der Waals surface area contributed by atoms with Crippen molar-refractivity contribution in [1.82, 2.24) is 10.3 Å². The predicted molar refractivity (Wildman–Crippen MR) is 92.3 cm³/mol. The molecule has 5 nitrogen and oxygen atoms in total. The molecule has 0 spiro atoms. The quantitative estimate of drug-likeness (QED) is 0.889. The third-order valence-electron chi connectivity index (χ3n) is 4.34. The fraction of sp³-hybridized carbons (Fsp3) is 0.316. The van der Waals surface area contributed by atoms with Crippen molar-refractivity contribution in [3.05, 3.63) is 59.9 Å². The first kappa shape index (κ1) is 16.2. The largest absolute Gasteiger partial charge is 0.348 e. The minimum Gasteiger partial charge on any atom is -0.348 e. The molecule has 124 valence electrons. The first-order valence-corrected chi connectivity index (χ1v) is 8.22. The Balaban J connectivity index is 1.52. The Morgan fingerprint density at radius 2 is 2.08 bits per heavy atom. The van der Waals surface area contributed by atoms with Crippen LogP contribution in [0.15, 0.2) is 48.7 Å². The Morgan fingerprint density at radius 3 is 2.88 bits per heavy atom. The van der Waals surface area contributed by atoms with Crippen molar-refractivity contribution in [2.45, 2.75) is 32.2 Å². The summed E-state index contributed by atoms with van der Waals surface area (Å²) in [6.45, 7) is 1.91. The number of hydrogen-bond donors (Lipinski definition) is 2. The maximum Gasteiger partial charge on any atom is 0.227 e. The topological polar surface area (TPSA) is 71.1 Å². The van der Waals surface area contributed by atoms with Gasteiger partial charge in [-0.05, 0) is 43.5 Å². The molecule has 2 heterocycles. The Kier molecular flexibility index (Phi) is 4.89. The van der Waals surface area contributed by atoms with Crippen LogP contribution in [-0.2, 0) is 16.0 Å². The summed E-state index contributed by atoms with van der Waals surface area (Å²) in [5.41, 5.74) is 2.84. The lowest BCUT2D eigenvalue weighted by Crippen LogP contribution is -2.32. The highest BCUT2D eigenvalue weighted by Crippen LogP contribution is 2.27. The number of carbonyl (C=O) groups is 2. The highest BCUT2D eigenvalue weighted by atomic mass is 16.2. The number of carbonyl (C=O) groups excluding carboxylic acids is 2. The van der Waals surface area contributed by atoms with E-state index < -0.39 is 0 Å². The fourth-order valence-corrected chi connectivity index (χ4v) is 2.97. The van der Waals surface area contributed by atoms with E-state index >= 15 is 0 Å². The van der Waals surface area contributed by atoms with Crippen LogP contribution < -0.4 is 10.6 Å². The van der Waals surface area contributed by atoms with Gasteiger partial charge in [-0.1, -0.05) is 24.3 Å². The first-order chi connectivity index (χ1) is 11.6. The summed E-state index contributed by atoms with van der Waals surface area (Å²) in [7, 11) is 0. The molecule has 0 radical (unpaired) electrons. The molecule has 2 atom stereocenters. The Morgan fingerprint density at radius 1 is 1.29 bits per heavy atom. The Bertz CT molecular complexity index is 730. The van der Waals surface area contributed by atoms with Crippen LogP contribution in [0.4, 0.5) is 5.69 Å². The summed E-state index contributed by atoms with van der Waals surface area (Å²) in [4.78, 5) is 28.6. The number of anilines is 1. The molecule has 1 aliphatic rings. The predicted octanol–water partition coefficient (Wildman–Crippen LogP) is 2.85. The van der Waals surface area contributed by atoms with Crippen molar-refractivity contribution in [3.63, 3.8) is 0 Å². The number of pyridine rings is 1. The lowest BCUT2D eigenvalue weighted by atomic mass is 9.89. The van der Waals surface area contributed by atoms with Crippen LogP contribution in [0.1, 0.15) is 37.1 Å². The lowest BCUT2D eigenvalue weighted by molar-refractivity contribution is -0.123. The van der Waals surface area contributed by atoms with E-state index in [1.54, 1.807) is 6.20 Å². The highest BCUT2D eigenvalue weighted by molar-refractivity contribution is 5.96. The molecule has 2 amide bonds. The van der Waals surface area contributed by atoms with Crippen molar-refractivity contribution in [2.24, 2.45) is 5.92 Å². The van der Waals surface area contributed by atoms with E-state index in [1.165, 1.54) is 0 Å². The summed E-state index contributed by atoms with van der Waals surface area (Å²) >= 11 is 0. The van der Waals surface area contributed by atoms with Crippen LogP contribution in [0, 0.1) is 5.92 Å². The van der Waals surface area contributed by atoms with Gasteiger partial charge < -0.3 is 10.6 Å². The molecule has 0 unspecified atom stereocenters. The second kappa shape index (κ2) is 7.25. The molecule has 0 saturated carbocycles. The van der Waals surface area contributed by atoms with Crippen molar-refractivity contribution >= 4 is 17.5 Å². The number of amides is 2. The van der Waals surface area contributed by atoms with Gasteiger partial charge in [0, 0.05) is 24.2 Å². The summed E-state index contributed by atoms with van der Waals surface area (Å²) in [6.07, 6.45) is 3.27. The van der Waals surface area contributed by atoms with E-state index in [9.17, 15) is 9.59 Å². The van der Waals surface area contributed by atoms with Crippen molar-refractivity contribution < 1.29 is 9.59 Å². The van der Waals surface area contributed by atoms with Gasteiger partial charge in [-0.2, -0.15) is 0 Å². The Hall–Kier alpha value is -2.69. The number of aromatic nitrogens is 1. The molecule has 1 aromatic carbocycles. The number of benzene rings is 1. The normalized spacial score (nSPS) is 17.5. The zero-order chi connectivity index (χ0) is 16.9. The molecule has 0 saturated heterocycles. The third kappa shape index (κ3) is 3.79. The van der Waals surface area contributed by atoms with E-state index in [0.29, 0.717) is 19.3 Å². The average Bonchev–Trinajstić information content (AvgIpc) is 2.60. The molecule has 24 heavy (non-hydrogen) atoms. The molecule has 5 heteroatoms. The number of para-hydroxylation sites is 1. The van der Waals surface area contributed by atoms with Gasteiger partial charge >= 0.3 is 0 Å². The smallest absolute Gasteiger partial charge is 0.227 e. The van der Waals surface area contributed by atoms with Gasteiger partial charge in [0.15, 0.2) is 0 Å². The number of nitrogens with zero attached hydrogens (tertiary/aromatic N) is 1. The van der Waals surface area contributed by atoms with Gasteiger partial charge in [0.2, 0.25) is 11.8 Å². The molecule has 0 bridgehead atoms. The minimum atomic E-state index is -0.157. The molecule has 1 aromatic heterocycles. The molecule has 0 aliphatic carbocycles. The van der Waals surface area contributed by atoms with Crippen molar-refractivity contribution in [3.8, 4) is 0 Å². The number of fused-ring (bicyclic) bond motifs is 1. The molecule has 3 rings (SSSR count). The molecule has 0 fully saturated rings. The third-order valence-corrected chi connectivity index (χ3v) is 4.34. The van der Waals surface area contributed by atoms with Gasteiger partial charge in [-0.15, -0.1) is 0 Å². The van der Waals surface area contributed by atoms with Crippen molar-refractivity contribution in [1.29, 1.82) is 0 Å². The SMILES string of the molecule is C[C@@H](NC(=O)CC[C@@H]1Cc2ccccc2NC1=O)c1ccccn1. The number of hydrogen-bond acceptors (Lipinski definition) is 3. The van der Waals surface area contributed by atoms with Crippen LogP contribution >= 0.6 is 0 Å². The monoisotopic (exact) mass is 323 g/mol. The van der Waals surface area contributed by atoms with Crippen LogP contribution in [0.5, 0.6) is 0 Å². The van der Waals surface area contributed by atoms with E-state index in [0.717, 1.165) is 16.9 Å². The zero-order valence-electron chi connectivity index (χ0n) is 13.7. The summed E-state index contributed by atoms with van der Waals surface area (Å²) in [5.74, 6) is -0.213. The minimum absolute atomic E-state index is 0.000672. The van der Waals surface area contributed by atoms with E-state index in [-0.39, 0.29) is 23.8 Å². The van der Waals surface area contributed by atoms with Gasteiger partial charge in [0.25, 0.3) is 0 Å². The maximum absolute atomic E-state index is 12.2. The number of rotatable bonds is 5. The second-order valence-electron chi connectivity index (χ2n) is 6.13. The van der Waals surface area contributed by atoms with Gasteiger partial charge in [-0.3, -0.25) is 14.6 Å². The summed E-state index contributed by atoms with van der Waals surface area (Å²) < 4.78 is 0. The molecule has 1 aliphatic heterocycles. The van der Waals surface area contributed by atoms with Gasteiger partial charge in [-0.25, -0.2) is 0 Å². The van der Waals surface area contributed by atoms with E-state index in [4.69, 9.17) is 0 Å². The molecule has 2 aromatic rings. The van der Waals surface area contributed by atoms with Crippen LogP contribution in [-0.4, -0.2) is 16.8 Å². The number of nitrogens with one attached hydrogen (secondary N) is 2. The highest BCUT2D eigenvalue weighted by Gasteiger charge is 2.26. The molecule has 2 N–H and O–H groups in total. The van der Waals surface area contributed by atoms with E-state index in [1.807, 2.05) is 49.4 Å². The van der Waals surface area contributed by atoms with E-state index in [2.05, 4.69) is 15.6 Å².